The predicted octanol–water partition coefficient (Wildman–Crippen LogP) is 16.0. The summed E-state index contributed by atoms with van der Waals surface area (Å²) in [6.45, 7) is 23.7. The van der Waals surface area contributed by atoms with Crippen LogP contribution < -0.4 is 15.0 Å². The first-order valence-electron chi connectivity index (χ1n) is 23.8. The highest BCUT2D eigenvalue weighted by Crippen LogP contribution is 2.22. The van der Waals surface area contributed by atoms with Gasteiger partial charge < -0.3 is 24.8 Å². The summed E-state index contributed by atoms with van der Waals surface area (Å²) in [5.41, 5.74) is 13.9. The third kappa shape index (κ3) is 24.6. The summed E-state index contributed by atoms with van der Waals surface area (Å²) in [6, 6.07) is 46.9. The lowest BCUT2D eigenvalue weighted by atomic mass is 10.1. The molecule has 1 amide bonds. The lowest BCUT2D eigenvalue weighted by molar-refractivity contribution is -0.114. The Bertz CT molecular complexity index is 3020. The van der Waals surface area contributed by atoms with E-state index in [1.54, 1.807) is 67.8 Å². The molecule has 8 rings (SSSR count). The van der Waals surface area contributed by atoms with Crippen LogP contribution in [0.1, 0.15) is 88.1 Å². The topological polar surface area (TPSA) is 122 Å². The summed E-state index contributed by atoms with van der Waals surface area (Å²) in [5, 5.41) is 12.4. The van der Waals surface area contributed by atoms with E-state index >= 15 is 0 Å². The number of hydrogen-bond donors (Lipinski definition) is 2. The van der Waals surface area contributed by atoms with Crippen molar-refractivity contribution in [1.82, 2.24) is 0 Å². The Morgan fingerprint density at radius 1 is 0.605 bits per heavy atom. The van der Waals surface area contributed by atoms with Crippen LogP contribution in [-0.4, -0.2) is 57.9 Å². The second kappa shape index (κ2) is 35.2. The number of aromatic hydroxyl groups is 1. The van der Waals surface area contributed by atoms with Crippen molar-refractivity contribution in [3.05, 3.63) is 262 Å². The number of hydrogen-bond acceptors (Lipinski definition) is 8. The third-order valence-electron chi connectivity index (χ3n) is 10.5. The minimum atomic E-state index is -0.314. The zero-order valence-electron chi connectivity index (χ0n) is 44.6. The number of carbonyl (C=O) groups is 4. The van der Waals surface area contributed by atoms with Gasteiger partial charge in [0.1, 0.15) is 24.1 Å². The molecule has 0 spiro atoms. The molecular formula is C66H69ClN2O7. The molecule has 1 aliphatic rings. The zero-order chi connectivity index (χ0) is 56.4. The first kappa shape index (κ1) is 63.1. The molecule has 0 aromatic heterocycles. The number of methoxy groups -OCH3 is 2. The maximum atomic E-state index is 11.0. The number of phenols is 1. The highest BCUT2D eigenvalue weighted by atomic mass is 35.5. The number of allylic oxidation sites excluding steroid dienone is 1. The highest BCUT2D eigenvalue weighted by Gasteiger charge is 2.05. The van der Waals surface area contributed by atoms with Crippen molar-refractivity contribution in [2.24, 2.45) is 0 Å². The van der Waals surface area contributed by atoms with Crippen LogP contribution in [0.3, 0.4) is 0 Å². The summed E-state index contributed by atoms with van der Waals surface area (Å²) < 4.78 is 9.55. The smallest absolute Gasteiger partial charge is 0.337 e. The van der Waals surface area contributed by atoms with Crippen molar-refractivity contribution in [2.75, 3.05) is 38.5 Å². The summed E-state index contributed by atoms with van der Waals surface area (Å²) in [6.07, 6.45) is 15.7. The quantitative estimate of drug-likeness (QED) is 0.0970. The van der Waals surface area contributed by atoms with Gasteiger partial charge in [-0.2, -0.15) is 0 Å². The number of aryl methyl sites for hydroxylation is 2. The second-order valence-electron chi connectivity index (χ2n) is 16.7. The summed E-state index contributed by atoms with van der Waals surface area (Å²) in [7, 11) is 6.87. The van der Waals surface area contributed by atoms with Crippen LogP contribution in [0, 0.1) is 13.8 Å². The fraction of sp³-hybridized carbons (Fsp3) is 0.121. The summed E-state index contributed by atoms with van der Waals surface area (Å²) in [5.74, 6) is 0.689. The maximum absolute atomic E-state index is 11.0. The van der Waals surface area contributed by atoms with E-state index in [0.29, 0.717) is 16.3 Å². The van der Waals surface area contributed by atoms with Crippen molar-refractivity contribution in [3.8, 4) is 11.5 Å². The molecule has 0 atom stereocenters. The van der Waals surface area contributed by atoms with E-state index in [4.69, 9.17) is 21.4 Å². The van der Waals surface area contributed by atoms with Crippen LogP contribution >= 0.6 is 11.6 Å². The maximum Gasteiger partial charge on any atom is 0.337 e. The number of phenolic OH excluding ortho intramolecular Hbond substituents is 1. The van der Waals surface area contributed by atoms with Gasteiger partial charge in [0.05, 0.1) is 19.8 Å². The molecule has 0 saturated carbocycles. The number of anilines is 2. The van der Waals surface area contributed by atoms with Gasteiger partial charge in [0.25, 0.3) is 0 Å². The highest BCUT2D eigenvalue weighted by molar-refractivity contribution is 6.30. The molecule has 0 fully saturated rings. The van der Waals surface area contributed by atoms with E-state index in [2.05, 4.69) is 74.2 Å². The molecule has 0 saturated heterocycles. The largest absolute Gasteiger partial charge is 0.508 e. The van der Waals surface area contributed by atoms with Gasteiger partial charge >= 0.3 is 5.97 Å². The molecule has 0 unspecified atom stereocenters. The van der Waals surface area contributed by atoms with E-state index in [-0.39, 0.29) is 11.9 Å². The summed E-state index contributed by atoms with van der Waals surface area (Å²) in [4.78, 5) is 44.3. The van der Waals surface area contributed by atoms with Gasteiger partial charge in [-0.3, -0.25) is 14.4 Å². The van der Waals surface area contributed by atoms with Gasteiger partial charge in [0, 0.05) is 48.5 Å². The average Bonchev–Trinajstić information content (AvgIpc) is 3.92. The van der Waals surface area contributed by atoms with Crippen molar-refractivity contribution >= 4 is 83.9 Å². The Balaban J connectivity index is 0.000000304. The second-order valence-corrected chi connectivity index (χ2v) is 17.1. The Kier molecular flexibility index (Phi) is 29.2. The number of halogens is 1. The van der Waals surface area contributed by atoms with Crippen LogP contribution in [0.4, 0.5) is 11.4 Å². The Labute approximate surface area is 455 Å². The van der Waals surface area contributed by atoms with E-state index in [1.165, 1.54) is 36.3 Å². The van der Waals surface area contributed by atoms with Gasteiger partial charge in [-0.1, -0.05) is 171 Å². The van der Waals surface area contributed by atoms with Crippen LogP contribution in [0.15, 0.2) is 191 Å². The van der Waals surface area contributed by atoms with Gasteiger partial charge in [0.15, 0.2) is 0 Å². The number of nitrogens with zero attached hydrogens (tertiary/aromatic N) is 1. The van der Waals surface area contributed by atoms with E-state index in [9.17, 15) is 19.2 Å². The van der Waals surface area contributed by atoms with Gasteiger partial charge in [0.2, 0.25) is 5.91 Å². The minimum Gasteiger partial charge on any atom is -0.508 e. The lowest BCUT2D eigenvalue weighted by Gasteiger charge is -2.11. The number of esters is 1. The fourth-order valence-electron chi connectivity index (χ4n) is 6.53. The average molecular weight is 1040 g/mol. The molecule has 9 nitrogen and oxygen atoms in total. The molecule has 0 heterocycles. The van der Waals surface area contributed by atoms with Crippen LogP contribution in [-0.2, 0) is 16.0 Å². The van der Waals surface area contributed by atoms with Gasteiger partial charge in [-0.25, -0.2) is 4.79 Å². The Morgan fingerprint density at radius 2 is 1.14 bits per heavy atom. The molecule has 2 N–H and O–H groups in total. The molecule has 1 aliphatic carbocycles. The van der Waals surface area contributed by atoms with Gasteiger partial charge in [-0.15, -0.1) is 0 Å². The monoisotopic (exact) mass is 1040 g/mol. The van der Waals surface area contributed by atoms with Crippen molar-refractivity contribution in [2.45, 2.75) is 27.2 Å². The lowest BCUT2D eigenvalue weighted by Crippen LogP contribution is -2.08. The number of benzene rings is 7. The van der Waals surface area contributed by atoms with Crippen molar-refractivity contribution in [1.29, 1.82) is 0 Å². The van der Waals surface area contributed by atoms with E-state index in [0.717, 1.165) is 75.1 Å². The molecule has 76 heavy (non-hydrogen) atoms. The van der Waals surface area contributed by atoms with Crippen LogP contribution in [0.2, 0.25) is 5.02 Å². The molecular weight excluding hydrogens is 968 g/mol. The Hall–Kier alpha value is -9.05. The molecule has 0 bridgehead atoms. The number of nitrogens with one attached hydrogen (secondary N) is 1. The molecule has 7 aromatic rings. The molecule has 10 heteroatoms. The fourth-order valence-corrected chi connectivity index (χ4v) is 6.77. The number of amides is 1. The van der Waals surface area contributed by atoms with Crippen molar-refractivity contribution in [3.63, 3.8) is 0 Å². The van der Waals surface area contributed by atoms with E-state index in [1.807, 2.05) is 135 Å². The van der Waals surface area contributed by atoms with Gasteiger partial charge in [-0.05, 0) is 138 Å². The normalized spacial score (nSPS) is 9.74. The van der Waals surface area contributed by atoms with Crippen LogP contribution in [0.5, 0.6) is 11.5 Å². The first-order valence-corrected chi connectivity index (χ1v) is 24.2. The SMILES string of the molecule is C=Cc1cc(C)cc(O)c1.C=Cc1cc(Cl)cc(OC)c1.C=Cc1ccc(C(=O)OC)cc1.C=Cc1ccc(NC(C)=O)cc1.C=Cc1cccc(C)c1.CN(C)c1cccc(C=O)c1.O=Cc1ccc2c(c1)CC=C2. The molecule has 392 valence electrons. The molecule has 0 aliphatic heterocycles. The number of carbonyl (C=O) groups excluding carboxylic acids is 4. The predicted molar refractivity (Wildman–Crippen MR) is 322 cm³/mol. The summed E-state index contributed by atoms with van der Waals surface area (Å²) >= 11 is 5.78. The Morgan fingerprint density at radius 3 is 1.66 bits per heavy atom. The zero-order valence-corrected chi connectivity index (χ0v) is 45.4. The number of rotatable bonds is 11. The van der Waals surface area contributed by atoms with E-state index < -0.39 is 0 Å². The molecule has 7 aromatic carbocycles. The van der Waals surface area contributed by atoms with Crippen molar-refractivity contribution < 1.29 is 33.8 Å². The molecule has 0 radical (unpaired) electrons. The number of fused-ring (bicyclic) bond motifs is 1. The minimum absolute atomic E-state index is 0.0543. The number of aldehydes is 2. The van der Waals surface area contributed by atoms with Crippen LogP contribution in [0.25, 0.3) is 36.5 Å². The number of ether oxygens (including phenoxy) is 2. The third-order valence-corrected chi connectivity index (χ3v) is 10.7. The standard InChI is InChI=1S/C10H11NO.C10H10O2.C10H8O.C9H9ClO.C9H11NO.C9H10O.C9H10/c1-3-9-4-6-10(7-5-9)11-8(2)12;1-3-8-4-6-9(7-5-8)10(11)12-2;11-7-8-4-5-9-2-1-3-10(9)6-8;1-3-7-4-8(10)6-9(5-7)11-2;1-10(2)9-5-3-4-8(6-9)7-11;1-3-8-4-7(2)5-9(10)6-8;1-3-9-6-4-5-8(2)7-9/h3-7H,1H2,2H3,(H,11,12);3-7H,1H2,2H3;1-2,4-7H,3H2;3-6H,1H2,2H3;3-7H,1-2H3;3-6,10H,1H2,2H3;3-7H,1H2,2H3. The first-order chi connectivity index (χ1) is 36.4.